The molecule has 1 unspecified atom stereocenters. The lowest BCUT2D eigenvalue weighted by Gasteiger charge is -2.26. The number of halogens is 1. The molecule has 0 saturated carbocycles. The molecule has 1 saturated heterocycles. The Morgan fingerprint density at radius 3 is 2.73 bits per heavy atom. The first-order valence-corrected chi connectivity index (χ1v) is 10.8. The van der Waals surface area contributed by atoms with Gasteiger partial charge in [-0.1, -0.05) is 23.4 Å². The van der Waals surface area contributed by atoms with Crippen LogP contribution in [0.1, 0.15) is 29.0 Å². The smallest absolute Gasteiger partial charge is 0.174 e. The van der Waals surface area contributed by atoms with Gasteiger partial charge >= 0.3 is 0 Å². The summed E-state index contributed by atoms with van der Waals surface area (Å²) in [6.07, 6.45) is 0. The fraction of sp³-hybridized carbons (Fsp3) is 0.316. The van der Waals surface area contributed by atoms with E-state index < -0.39 is 5.60 Å². The van der Waals surface area contributed by atoms with Crippen LogP contribution >= 0.6 is 46.9 Å². The van der Waals surface area contributed by atoms with Crippen molar-refractivity contribution in [1.29, 1.82) is 0 Å². The molecule has 3 rings (SSSR count). The van der Waals surface area contributed by atoms with Crippen molar-refractivity contribution in [3.8, 4) is 11.8 Å². The summed E-state index contributed by atoms with van der Waals surface area (Å²) in [7, 11) is 0. The highest BCUT2D eigenvalue weighted by molar-refractivity contribution is 7.99. The number of nitrogens with zero attached hydrogens (tertiary/aromatic N) is 1. The van der Waals surface area contributed by atoms with Crippen molar-refractivity contribution in [1.82, 2.24) is 4.90 Å². The Labute approximate surface area is 172 Å². The van der Waals surface area contributed by atoms with Crippen LogP contribution in [0, 0.1) is 11.8 Å². The Morgan fingerprint density at radius 2 is 2.04 bits per heavy atom. The van der Waals surface area contributed by atoms with E-state index in [2.05, 4.69) is 28.1 Å². The van der Waals surface area contributed by atoms with Gasteiger partial charge in [-0.15, -0.1) is 23.1 Å². The second-order valence-corrected chi connectivity index (χ2v) is 9.49. The number of anilines is 1. The molecule has 1 atom stereocenters. The van der Waals surface area contributed by atoms with Gasteiger partial charge in [-0.2, -0.15) is 0 Å². The zero-order valence-corrected chi connectivity index (χ0v) is 17.7. The molecular formula is C19H19ClN2OS3. The van der Waals surface area contributed by atoms with Crippen LogP contribution in [0.4, 0.5) is 5.69 Å². The molecule has 2 heterocycles. The van der Waals surface area contributed by atoms with Gasteiger partial charge in [-0.05, 0) is 62.5 Å². The van der Waals surface area contributed by atoms with Crippen LogP contribution in [0.3, 0.4) is 0 Å². The molecule has 2 N–H and O–H groups in total. The van der Waals surface area contributed by atoms with Gasteiger partial charge in [-0.25, -0.2) is 0 Å². The number of hydrogen-bond donors (Lipinski definition) is 2. The zero-order chi connectivity index (χ0) is 18.7. The SMILES string of the molecule is CC(C)(O)C#Cc1ccc(C2SCCN2C(=S)Nc2ccc(Cl)cc2)s1. The highest BCUT2D eigenvalue weighted by Crippen LogP contribution is 2.41. The number of thiocarbonyl (C=S) groups is 1. The summed E-state index contributed by atoms with van der Waals surface area (Å²) in [6.45, 7) is 4.27. The van der Waals surface area contributed by atoms with E-state index in [0.29, 0.717) is 10.1 Å². The number of nitrogens with one attached hydrogen (secondary N) is 1. The van der Waals surface area contributed by atoms with Gasteiger partial charge in [0.1, 0.15) is 11.0 Å². The molecule has 136 valence electrons. The maximum Gasteiger partial charge on any atom is 0.174 e. The quantitative estimate of drug-likeness (QED) is 0.527. The summed E-state index contributed by atoms with van der Waals surface area (Å²) in [4.78, 5) is 4.37. The maximum absolute atomic E-state index is 9.75. The van der Waals surface area contributed by atoms with Crippen molar-refractivity contribution in [2.75, 3.05) is 17.6 Å². The van der Waals surface area contributed by atoms with Crippen molar-refractivity contribution in [3.63, 3.8) is 0 Å². The van der Waals surface area contributed by atoms with E-state index in [-0.39, 0.29) is 5.37 Å². The minimum Gasteiger partial charge on any atom is -0.378 e. The van der Waals surface area contributed by atoms with E-state index >= 15 is 0 Å². The summed E-state index contributed by atoms with van der Waals surface area (Å²) < 4.78 is 0. The van der Waals surface area contributed by atoms with E-state index in [4.69, 9.17) is 23.8 Å². The van der Waals surface area contributed by atoms with Gasteiger partial charge in [0.2, 0.25) is 0 Å². The van der Waals surface area contributed by atoms with Gasteiger partial charge in [0.05, 0.1) is 4.88 Å². The lowest BCUT2D eigenvalue weighted by Crippen LogP contribution is -2.33. The fourth-order valence-electron chi connectivity index (χ4n) is 2.41. The predicted octanol–water partition coefficient (Wildman–Crippen LogP) is 4.97. The Balaban J connectivity index is 1.71. The number of hydrogen-bond acceptors (Lipinski definition) is 4. The van der Waals surface area contributed by atoms with E-state index in [0.717, 1.165) is 22.9 Å². The van der Waals surface area contributed by atoms with E-state index in [1.54, 1.807) is 25.2 Å². The van der Waals surface area contributed by atoms with E-state index in [1.165, 1.54) is 4.88 Å². The number of thioether (sulfide) groups is 1. The van der Waals surface area contributed by atoms with Gasteiger partial charge in [0.25, 0.3) is 0 Å². The average Bonchev–Trinajstić information content (AvgIpc) is 3.23. The molecule has 0 spiro atoms. The number of rotatable bonds is 2. The lowest BCUT2D eigenvalue weighted by atomic mass is 10.1. The largest absolute Gasteiger partial charge is 0.378 e. The predicted molar refractivity (Wildman–Crippen MR) is 117 cm³/mol. The molecule has 0 bridgehead atoms. The number of thiophene rings is 1. The lowest BCUT2D eigenvalue weighted by molar-refractivity contribution is 0.143. The molecule has 0 amide bonds. The van der Waals surface area contributed by atoms with Crippen LogP contribution in [0.15, 0.2) is 36.4 Å². The summed E-state index contributed by atoms with van der Waals surface area (Å²) in [5.41, 5.74) is -0.0551. The van der Waals surface area contributed by atoms with Crippen molar-refractivity contribution >= 4 is 57.7 Å². The van der Waals surface area contributed by atoms with Gasteiger partial charge in [0, 0.05) is 27.9 Å². The first-order chi connectivity index (χ1) is 12.3. The molecular weight excluding hydrogens is 404 g/mol. The molecule has 3 nitrogen and oxygen atoms in total. The molecule has 26 heavy (non-hydrogen) atoms. The summed E-state index contributed by atoms with van der Waals surface area (Å²) in [5.74, 6) is 6.93. The zero-order valence-electron chi connectivity index (χ0n) is 14.5. The molecule has 7 heteroatoms. The monoisotopic (exact) mass is 422 g/mol. The van der Waals surface area contributed by atoms with Crippen LogP contribution in [-0.2, 0) is 0 Å². The van der Waals surface area contributed by atoms with Crippen molar-refractivity contribution < 1.29 is 5.11 Å². The van der Waals surface area contributed by atoms with E-state index in [1.807, 2.05) is 42.1 Å². The summed E-state index contributed by atoms with van der Waals surface area (Å²) in [6, 6.07) is 11.6. The molecule has 1 aliphatic rings. The third kappa shape index (κ3) is 5.15. The second-order valence-electron chi connectivity index (χ2n) is 6.36. The molecule has 1 fully saturated rings. The molecule has 1 aliphatic heterocycles. The normalized spacial score (nSPS) is 16.9. The molecule has 0 aliphatic carbocycles. The van der Waals surface area contributed by atoms with Crippen LogP contribution in [-0.4, -0.2) is 33.0 Å². The maximum atomic E-state index is 9.75. The molecule has 2 aromatic rings. The van der Waals surface area contributed by atoms with Crippen molar-refractivity contribution in [2.45, 2.75) is 24.8 Å². The molecule has 0 radical (unpaired) electrons. The summed E-state index contributed by atoms with van der Waals surface area (Å²) >= 11 is 15.1. The van der Waals surface area contributed by atoms with Crippen LogP contribution in [0.2, 0.25) is 5.02 Å². The van der Waals surface area contributed by atoms with Gasteiger partial charge in [-0.3, -0.25) is 0 Å². The van der Waals surface area contributed by atoms with Crippen molar-refractivity contribution in [2.24, 2.45) is 0 Å². The molecule has 1 aromatic heterocycles. The highest BCUT2D eigenvalue weighted by Gasteiger charge is 2.29. The minimum absolute atomic E-state index is 0.185. The first kappa shape index (κ1) is 19.5. The minimum atomic E-state index is -0.984. The van der Waals surface area contributed by atoms with Crippen LogP contribution < -0.4 is 5.32 Å². The highest BCUT2D eigenvalue weighted by atomic mass is 35.5. The second kappa shape index (κ2) is 8.20. The third-order valence-corrected chi connectivity index (χ3v) is 6.64. The number of benzene rings is 1. The first-order valence-electron chi connectivity index (χ1n) is 8.12. The standard InChI is InChI=1S/C19H19ClN2OS3/c1-19(2,23)10-9-15-7-8-16(26-15)17-22(11-12-25-17)18(24)21-14-5-3-13(20)4-6-14/h3-8,17,23H,11-12H2,1-2H3,(H,21,24). The number of aliphatic hydroxyl groups is 1. The Morgan fingerprint density at radius 1 is 1.31 bits per heavy atom. The van der Waals surface area contributed by atoms with Crippen molar-refractivity contribution in [3.05, 3.63) is 51.2 Å². The third-order valence-electron chi connectivity index (χ3n) is 3.61. The fourth-order valence-corrected chi connectivity index (χ4v) is 5.28. The van der Waals surface area contributed by atoms with Crippen LogP contribution in [0.5, 0.6) is 0 Å². The van der Waals surface area contributed by atoms with Crippen LogP contribution in [0.25, 0.3) is 0 Å². The van der Waals surface area contributed by atoms with E-state index in [9.17, 15) is 5.11 Å². The van der Waals surface area contributed by atoms with Gasteiger partial charge < -0.3 is 15.3 Å². The Bertz CT molecular complexity index is 846. The topological polar surface area (TPSA) is 35.5 Å². The molecule has 1 aromatic carbocycles. The average molecular weight is 423 g/mol. The Kier molecular flexibility index (Phi) is 6.16. The van der Waals surface area contributed by atoms with Gasteiger partial charge in [0.15, 0.2) is 5.11 Å². The summed E-state index contributed by atoms with van der Waals surface area (Å²) in [5, 5.41) is 14.6. The Hall–Kier alpha value is -1.23.